The van der Waals surface area contributed by atoms with Gasteiger partial charge in [-0.15, -0.1) is 0 Å². The Morgan fingerprint density at radius 3 is 1.88 bits per heavy atom. The molecular weight excluding hydrogens is 320 g/mol. The molecule has 2 fully saturated rings. The smallest absolute Gasteiger partial charge is 0.223 e. The van der Waals surface area contributed by atoms with Crippen LogP contribution in [0.3, 0.4) is 0 Å². The third kappa shape index (κ3) is 5.94. The molecule has 2 saturated heterocycles. The first-order valence-electron chi connectivity index (χ1n) is 9.46. The second-order valence-corrected chi connectivity index (χ2v) is 7.53. The van der Waals surface area contributed by atoms with Gasteiger partial charge in [-0.2, -0.15) is 0 Å². The molecule has 0 saturated carbocycles. The van der Waals surface area contributed by atoms with E-state index in [1.54, 1.807) is 13.8 Å². The van der Waals surface area contributed by atoms with Crippen LogP contribution in [0, 0.1) is 0 Å². The minimum Gasteiger partial charge on any atom is -0.353 e. The van der Waals surface area contributed by atoms with E-state index in [9.17, 15) is 19.2 Å². The van der Waals surface area contributed by atoms with Gasteiger partial charge in [-0.3, -0.25) is 9.59 Å². The maximum Gasteiger partial charge on any atom is 0.223 e. The van der Waals surface area contributed by atoms with Crippen molar-refractivity contribution in [1.82, 2.24) is 10.2 Å². The molecule has 0 spiro atoms. The lowest BCUT2D eigenvalue weighted by Gasteiger charge is -2.39. The molecule has 2 bridgehead atoms. The minimum absolute atomic E-state index is 0.00637. The van der Waals surface area contributed by atoms with Crippen molar-refractivity contribution in [3.8, 4) is 0 Å². The van der Waals surface area contributed by atoms with Gasteiger partial charge in [0.15, 0.2) is 0 Å². The van der Waals surface area contributed by atoms with E-state index in [0.717, 1.165) is 25.7 Å². The van der Waals surface area contributed by atoms with E-state index in [-0.39, 0.29) is 41.5 Å². The molecule has 1 N–H and O–H groups in total. The third-order valence-electron chi connectivity index (χ3n) is 5.24. The predicted molar refractivity (Wildman–Crippen MR) is 93.9 cm³/mol. The zero-order valence-electron chi connectivity index (χ0n) is 15.4. The summed E-state index contributed by atoms with van der Waals surface area (Å²) in [5, 5.41) is 3.08. The topological polar surface area (TPSA) is 83.6 Å². The monoisotopic (exact) mass is 350 g/mol. The first-order chi connectivity index (χ1) is 11.9. The molecule has 6 nitrogen and oxygen atoms in total. The Bertz CT molecular complexity index is 518. The number of rotatable bonds is 9. The van der Waals surface area contributed by atoms with E-state index in [4.69, 9.17) is 0 Å². The van der Waals surface area contributed by atoms with Gasteiger partial charge in [0.2, 0.25) is 11.8 Å². The molecule has 3 atom stereocenters. The zero-order valence-corrected chi connectivity index (χ0v) is 15.4. The largest absolute Gasteiger partial charge is 0.353 e. The van der Waals surface area contributed by atoms with Gasteiger partial charge in [0, 0.05) is 43.8 Å². The fourth-order valence-electron chi connectivity index (χ4n) is 4.12. The van der Waals surface area contributed by atoms with Crippen LogP contribution in [0.25, 0.3) is 0 Å². The number of hydrogen-bond acceptors (Lipinski definition) is 4. The molecule has 25 heavy (non-hydrogen) atoms. The summed E-state index contributed by atoms with van der Waals surface area (Å²) in [5.74, 6) is 0.399. The van der Waals surface area contributed by atoms with Crippen LogP contribution >= 0.6 is 0 Å². The van der Waals surface area contributed by atoms with Crippen molar-refractivity contribution in [1.29, 1.82) is 0 Å². The highest BCUT2D eigenvalue weighted by Crippen LogP contribution is 2.36. The molecule has 2 aliphatic rings. The predicted octanol–water partition coefficient (Wildman–Crippen LogP) is 2.14. The minimum atomic E-state index is 0.00637. The normalized spacial score (nSPS) is 24.9. The van der Waals surface area contributed by atoms with E-state index < -0.39 is 0 Å². The average Bonchev–Trinajstić information content (AvgIpc) is 2.78. The van der Waals surface area contributed by atoms with Crippen LogP contribution in [0.15, 0.2) is 0 Å². The number of carbonyl (C=O) groups is 4. The summed E-state index contributed by atoms with van der Waals surface area (Å²) in [6.45, 7) is 3.09. The summed E-state index contributed by atoms with van der Waals surface area (Å²) in [7, 11) is 0. The number of Topliss-reactive ketones (excluding diaryl/α,β-unsaturated/α-hetero) is 2. The van der Waals surface area contributed by atoms with Crippen molar-refractivity contribution in [2.75, 3.05) is 0 Å². The van der Waals surface area contributed by atoms with E-state index in [0.29, 0.717) is 38.5 Å². The van der Waals surface area contributed by atoms with Crippen molar-refractivity contribution < 1.29 is 19.2 Å². The number of ketones is 2. The first-order valence-corrected chi connectivity index (χ1v) is 9.46. The van der Waals surface area contributed by atoms with Gasteiger partial charge in [-0.1, -0.05) is 0 Å². The van der Waals surface area contributed by atoms with E-state index in [2.05, 4.69) is 5.32 Å². The number of nitrogens with one attached hydrogen (secondary N) is 1. The quantitative estimate of drug-likeness (QED) is 0.690. The van der Waals surface area contributed by atoms with Gasteiger partial charge in [0.25, 0.3) is 0 Å². The number of piperidine rings is 1. The number of nitrogens with zero attached hydrogens (tertiary/aromatic N) is 1. The Balaban J connectivity index is 1.77. The summed E-state index contributed by atoms with van der Waals surface area (Å²) in [6.07, 6.45) is 6.59. The van der Waals surface area contributed by atoms with Crippen molar-refractivity contribution in [3.63, 3.8) is 0 Å². The Morgan fingerprint density at radius 2 is 1.36 bits per heavy atom. The van der Waals surface area contributed by atoms with Crippen LogP contribution in [0.5, 0.6) is 0 Å². The summed E-state index contributed by atoms with van der Waals surface area (Å²) < 4.78 is 0. The molecule has 0 aromatic rings. The lowest BCUT2D eigenvalue weighted by atomic mass is 9.96. The van der Waals surface area contributed by atoms with E-state index in [1.807, 2.05) is 4.90 Å². The van der Waals surface area contributed by atoms with Crippen molar-refractivity contribution >= 4 is 23.4 Å². The number of carbonyl (C=O) groups excluding carboxylic acids is 4. The highest BCUT2D eigenvalue weighted by Gasteiger charge is 2.43. The maximum absolute atomic E-state index is 12.5. The first kappa shape index (κ1) is 19.6. The molecule has 2 aliphatic heterocycles. The zero-order chi connectivity index (χ0) is 18.4. The molecule has 2 heterocycles. The molecule has 2 amide bonds. The van der Waals surface area contributed by atoms with Crippen molar-refractivity contribution in [2.24, 2.45) is 0 Å². The number of hydrogen-bond donors (Lipinski definition) is 1. The molecule has 2 rings (SSSR count). The molecule has 140 valence electrons. The molecule has 0 aromatic carbocycles. The lowest BCUT2D eigenvalue weighted by molar-refractivity contribution is -0.136. The molecular formula is C19H30N2O4. The van der Waals surface area contributed by atoms with Crippen LogP contribution in [0.2, 0.25) is 0 Å². The Labute approximate surface area is 149 Å². The highest BCUT2D eigenvalue weighted by atomic mass is 16.2. The van der Waals surface area contributed by atoms with Gasteiger partial charge >= 0.3 is 0 Å². The van der Waals surface area contributed by atoms with Crippen LogP contribution in [-0.2, 0) is 19.2 Å². The fourth-order valence-corrected chi connectivity index (χ4v) is 4.12. The fraction of sp³-hybridized carbons (Fsp3) is 0.789. The Morgan fingerprint density at radius 1 is 0.840 bits per heavy atom. The lowest BCUT2D eigenvalue weighted by Crippen LogP contribution is -2.52. The van der Waals surface area contributed by atoms with Gasteiger partial charge in [-0.05, 0) is 52.4 Å². The van der Waals surface area contributed by atoms with Crippen molar-refractivity contribution in [2.45, 2.75) is 96.2 Å². The molecule has 6 heteroatoms. The van der Waals surface area contributed by atoms with Crippen LogP contribution in [0.1, 0.15) is 78.1 Å². The molecule has 0 aromatic heterocycles. The van der Waals surface area contributed by atoms with Gasteiger partial charge in [-0.25, -0.2) is 0 Å². The van der Waals surface area contributed by atoms with Gasteiger partial charge in [0.1, 0.15) is 11.6 Å². The van der Waals surface area contributed by atoms with Crippen LogP contribution < -0.4 is 5.32 Å². The summed E-state index contributed by atoms with van der Waals surface area (Å²) in [4.78, 5) is 48.4. The number of amides is 2. The van der Waals surface area contributed by atoms with E-state index >= 15 is 0 Å². The molecule has 0 radical (unpaired) electrons. The summed E-state index contributed by atoms with van der Waals surface area (Å²) in [6, 6.07) is 0.556. The Kier molecular flexibility index (Phi) is 7.14. The van der Waals surface area contributed by atoms with Gasteiger partial charge < -0.3 is 19.8 Å². The van der Waals surface area contributed by atoms with Gasteiger partial charge in [0.05, 0.1) is 0 Å². The third-order valence-corrected chi connectivity index (χ3v) is 5.24. The maximum atomic E-state index is 12.5. The molecule has 1 unspecified atom stereocenters. The van der Waals surface area contributed by atoms with E-state index in [1.165, 1.54) is 0 Å². The number of fused-ring (bicyclic) bond motifs is 2. The summed E-state index contributed by atoms with van der Waals surface area (Å²) >= 11 is 0. The standard InChI is InChI=1S/C19H30N2O4/c1-13(22)5-3-7-18(24)20-15-11-16-9-10-17(12-15)21(16)19(25)8-4-6-14(2)23/h15-17H,3-12H2,1-2H3,(H,20,24)/t15?,16-,17+. The average molecular weight is 350 g/mol. The van der Waals surface area contributed by atoms with Crippen LogP contribution in [-0.4, -0.2) is 46.4 Å². The molecule has 0 aliphatic carbocycles. The summed E-state index contributed by atoms with van der Waals surface area (Å²) in [5.41, 5.74) is 0. The second-order valence-electron chi connectivity index (χ2n) is 7.53. The highest BCUT2D eigenvalue weighted by molar-refractivity contribution is 5.80. The Hall–Kier alpha value is -1.72. The SMILES string of the molecule is CC(=O)CCCC(=O)NC1C[C@H]2CC[C@@H](C1)N2C(=O)CCCC(C)=O. The van der Waals surface area contributed by atoms with Crippen LogP contribution in [0.4, 0.5) is 0 Å². The second kappa shape index (κ2) is 9.11. The van der Waals surface area contributed by atoms with Crippen molar-refractivity contribution in [3.05, 3.63) is 0 Å².